The van der Waals surface area contributed by atoms with Crippen LogP contribution in [0, 0.1) is 40.4 Å². The molecule has 0 aromatic rings. The van der Waals surface area contributed by atoms with Crippen LogP contribution in [0.2, 0.25) is 0 Å². The summed E-state index contributed by atoms with van der Waals surface area (Å²) in [6.45, 7) is 14.5. The van der Waals surface area contributed by atoms with Gasteiger partial charge in [-0.25, -0.2) is 0 Å². The zero-order valence-electron chi connectivity index (χ0n) is 19.5. The fourth-order valence-electron chi connectivity index (χ4n) is 7.05. The molecule has 1 heteroatoms. The van der Waals surface area contributed by atoms with Gasteiger partial charge in [-0.1, -0.05) is 77.5 Å². The molecule has 1 fully saturated rings. The second-order valence-electron chi connectivity index (χ2n) is 11.4. The highest BCUT2D eigenvalue weighted by Gasteiger charge is 2.53. The van der Waals surface area contributed by atoms with E-state index < -0.39 is 0 Å². The predicted octanol–water partition coefficient (Wildman–Crippen LogP) is 7.25. The van der Waals surface area contributed by atoms with Crippen molar-refractivity contribution in [3.63, 3.8) is 0 Å². The van der Waals surface area contributed by atoms with Crippen molar-refractivity contribution in [1.29, 1.82) is 0 Å². The second-order valence-corrected chi connectivity index (χ2v) is 11.4. The normalized spacial score (nSPS) is 41.2. The summed E-state index contributed by atoms with van der Waals surface area (Å²) < 4.78 is 0. The Morgan fingerprint density at radius 3 is 2.41 bits per heavy atom. The first-order chi connectivity index (χ1) is 13.7. The van der Waals surface area contributed by atoms with Crippen molar-refractivity contribution < 1.29 is 5.11 Å². The number of allylic oxidation sites excluding steroid dienone is 7. The topological polar surface area (TPSA) is 20.2 Å². The van der Waals surface area contributed by atoms with E-state index in [-0.39, 0.29) is 11.5 Å². The van der Waals surface area contributed by atoms with Crippen molar-refractivity contribution in [1.82, 2.24) is 0 Å². The maximum atomic E-state index is 10.1. The quantitative estimate of drug-likeness (QED) is 0.498. The molecular formula is C28H42O. The van der Waals surface area contributed by atoms with Gasteiger partial charge in [0.15, 0.2) is 0 Å². The Labute approximate surface area is 179 Å². The van der Waals surface area contributed by atoms with Crippen molar-refractivity contribution in [2.24, 2.45) is 40.4 Å². The highest BCUT2D eigenvalue weighted by Crippen LogP contribution is 2.63. The molecule has 0 aromatic carbocycles. The van der Waals surface area contributed by atoms with Gasteiger partial charge in [-0.3, -0.25) is 0 Å². The predicted molar refractivity (Wildman–Crippen MR) is 123 cm³/mol. The summed E-state index contributed by atoms with van der Waals surface area (Å²) >= 11 is 0. The largest absolute Gasteiger partial charge is 0.389 e. The number of aliphatic hydroxyl groups is 1. The maximum absolute atomic E-state index is 10.1. The number of fused-ring (bicyclic) bond motifs is 4. The molecule has 0 saturated heterocycles. The minimum absolute atomic E-state index is 0.230. The highest BCUT2D eigenvalue weighted by molar-refractivity contribution is 5.49. The van der Waals surface area contributed by atoms with Crippen LogP contribution >= 0.6 is 0 Å². The van der Waals surface area contributed by atoms with Crippen LogP contribution < -0.4 is 0 Å². The number of hydrogen-bond acceptors (Lipinski definition) is 1. The Bertz CT molecular complexity index is 765. The molecule has 4 aliphatic carbocycles. The molecule has 1 saturated carbocycles. The molecular weight excluding hydrogens is 352 g/mol. The van der Waals surface area contributed by atoms with Crippen molar-refractivity contribution >= 4 is 0 Å². The van der Waals surface area contributed by atoms with Crippen LogP contribution in [0.3, 0.4) is 0 Å². The average Bonchev–Trinajstić information content (AvgIpc) is 3.03. The van der Waals surface area contributed by atoms with Crippen LogP contribution in [0.4, 0.5) is 0 Å². The minimum atomic E-state index is -0.248. The monoisotopic (exact) mass is 394 g/mol. The Hall–Kier alpha value is -1.08. The third kappa shape index (κ3) is 3.42. The van der Waals surface area contributed by atoms with Crippen molar-refractivity contribution in [3.8, 4) is 0 Å². The number of rotatable bonds is 4. The smallest absolute Gasteiger partial charge is 0.0727 e. The molecule has 4 rings (SSSR count). The zero-order valence-corrected chi connectivity index (χ0v) is 19.5. The summed E-state index contributed by atoms with van der Waals surface area (Å²) in [4.78, 5) is 0. The van der Waals surface area contributed by atoms with E-state index in [1.54, 1.807) is 11.1 Å². The molecule has 29 heavy (non-hydrogen) atoms. The van der Waals surface area contributed by atoms with E-state index in [1.807, 2.05) is 0 Å². The van der Waals surface area contributed by atoms with Crippen LogP contribution in [0.1, 0.15) is 80.1 Å². The van der Waals surface area contributed by atoms with Crippen LogP contribution in [0.15, 0.2) is 47.1 Å². The molecule has 1 nitrogen and oxygen atoms in total. The van der Waals surface area contributed by atoms with E-state index in [4.69, 9.17) is 0 Å². The lowest BCUT2D eigenvalue weighted by Gasteiger charge is -2.51. The summed E-state index contributed by atoms with van der Waals surface area (Å²) in [7, 11) is 0. The van der Waals surface area contributed by atoms with Crippen molar-refractivity contribution in [3.05, 3.63) is 47.1 Å². The lowest BCUT2D eigenvalue weighted by Crippen LogP contribution is -2.42. The van der Waals surface area contributed by atoms with E-state index in [2.05, 4.69) is 71.9 Å². The second kappa shape index (κ2) is 7.56. The van der Waals surface area contributed by atoms with Gasteiger partial charge in [0.1, 0.15) is 0 Å². The van der Waals surface area contributed by atoms with Gasteiger partial charge in [0.05, 0.1) is 6.10 Å². The Morgan fingerprint density at radius 1 is 0.966 bits per heavy atom. The molecule has 0 heterocycles. The molecule has 0 aromatic heterocycles. The van der Waals surface area contributed by atoms with Crippen LogP contribution in [-0.2, 0) is 0 Å². The molecule has 0 radical (unpaired) electrons. The van der Waals surface area contributed by atoms with Crippen LogP contribution in [0.5, 0.6) is 0 Å². The van der Waals surface area contributed by atoms with Gasteiger partial charge in [-0.15, -0.1) is 0 Å². The fourth-order valence-corrected chi connectivity index (χ4v) is 7.05. The molecule has 0 aliphatic heterocycles. The highest BCUT2D eigenvalue weighted by atomic mass is 16.3. The molecule has 0 amide bonds. The molecule has 0 unspecified atom stereocenters. The van der Waals surface area contributed by atoms with Crippen LogP contribution in [-0.4, -0.2) is 11.2 Å². The maximum Gasteiger partial charge on any atom is 0.0727 e. The lowest BCUT2D eigenvalue weighted by atomic mass is 9.53. The Morgan fingerprint density at radius 2 is 1.69 bits per heavy atom. The van der Waals surface area contributed by atoms with E-state index in [1.165, 1.54) is 31.3 Å². The molecule has 4 aliphatic rings. The summed E-state index contributed by atoms with van der Waals surface area (Å²) in [6.07, 6.45) is 19.0. The van der Waals surface area contributed by atoms with Gasteiger partial charge in [-0.2, -0.15) is 0 Å². The van der Waals surface area contributed by atoms with Gasteiger partial charge in [0.2, 0.25) is 0 Å². The average molecular weight is 395 g/mol. The summed E-state index contributed by atoms with van der Waals surface area (Å²) in [6, 6.07) is 0. The van der Waals surface area contributed by atoms with Crippen molar-refractivity contribution in [2.45, 2.75) is 86.2 Å². The van der Waals surface area contributed by atoms with Gasteiger partial charge in [0, 0.05) is 0 Å². The first kappa shape index (κ1) is 21.2. The summed E-state index contributed by atoms with van der Waals surface area (Å²) in [5.74, 6) is 3.45. The Kier molecular flexibility index (Phi) is 5.52. The van der Waals surface area contributed by atoms with Gasteiger partial charge >= 0.3 is 0 Å². The first-order valence-electron chi connectivity index (χ1n) is 12.2. The first-order valence-corrected chi connectivity index (χ1v) is 12.2. The Balaban J connectivity index is 1.64. The standard InChI is InChI=1S/C28H42O/c1-18(2)19(3)7-8-20(4)24-11-12-25-23-10-9-21-17-22(29)13-15-27(21,5)26(23)14-16-28(24,25)6/h7-10,17-20,22,24,26,29H,11-16H2,1-6H3/b8-7+/t19-,20+,22-,24+,26-,27-,28+/m0/s1. The van der Waals surface area contributed by atoms with E-state index in [0.717, 1.165) is 24.7 Å². The van der Waals surface area contributed by atoms with Gasteiger partial charge in [-0.05, 0) is 90.1 Å². The molecule has 1 N–H and O–H groups in total. The van der Waals surface area contributed by atoms with Gasteiger partial charge < -0.3 is 5.11 Å². The third-order valence-corrected chi connectivity index (χ3v) is 9.50. The van der Waals surface area contributed by atoms with Crippen LogP contribution in [0.25, 0.3) is 0 Å². The molecule has 7 atom stereocenters. The van der Waals surface area contributed by atoms with Crippen molar-refractivity contribution in [2.75, 3.05) is 0 Å². The number of aliphatic hydroxyl groups excluding tert-OH is 1. The minimum Gasteiger partial charge on any atom is -0.389 e. The summed E-state index contributed by atoms with van der Waals surface area (Å²) in [5, 5.41) is 10.1. The van der Waals surface area contributed by atoms with E-state index in [0.29, 0.717) is 23.2 Å². The third-order valence-electron chi connectivity index (χ3n) is 9.50. The van der Waals surface area contributed by atoms with E-state index >= 15 is 0 Å². The summed E-state index contributed by atoms with van der Waals surface area (Å²) in [5.41, 5.74) is 5.44. The SMILES string of the molecule is CC(C)[C@@H](C)/C=C/[C@@H](C)[C@H]1CCC2=C3C=CC4=C[C@@H](O)CC[C@]4(C)[C@H]3CC[C@@]21C. The molecule has 0 spiro atoms. The van der Waals surface area contributed by atoms with E-state index in [9.17, 15) is 5.11 Å². The molecule has 160 valence electrons. The molecule has 0 bridgehead atoms. The number of hydrogen-bond donors (Lipinski definition) is 1. The van der Waals surface area contributed by atoms with Gasteiger partial charge in [0.25, 0.3) is 0 Å². The zero-order chi connectivity index (χ0) is 21.0. The lowest BCUT2D eigenvalue weighted by molar-refractivity contribution is 0.115. The fraction of sp³-hybridized carbons (Fsp3) is 0.714.